The van der Waals surface area contributed by atoms with E-state index in [1.807, 2.05) is 0 Å². The minimum Gasteiger partial charge on any atom is -0.295 e. The van der Waals surface area contributed by atoms with Crippen molar-refractivity contribution < 1.29 is 4.79 Å². The molecule has 0 unspecified atom stereocenters. The average Bonchev–Trinajstić information content (AvgIpc) is 1.82. The van der Waals surface area contributed by atoms with Gasteiger partial charge in [0.25, 0.3) is 0 Å². The first-order valence-corrected chi connectivity index (χ1v) is 3.37. The van der Waals surface area contributed by atoms with Crippen LogP contribution in [0.2, 0.25) is 0 Å². The molecule has 0 radical (unpaired) electrons. The van der Waals surface area contributed by atoms with Crippen molar-refractivity contribution in [3.8, 4) is 0 Å². The quantitative estimate of drug-likeness (QED) is 0.551. The second-order valence-corrected chi connectivity index (χ2v) is 2.26. The molecule has 0 N–H and O–H groups in total. The zero-order valence-corrected chi connectivity index (χ0v) is 6.24. The lowest BCUT2D eigenvalue weighted by atomic mass is 10.1. The molecular formula is C9H18O. The van der Waals surface area contributed by atoms with Gasteiger partial charge in [0, 0.05) is 0 Å². The summed E-state index contributed by atoms with van der Waals surface area (Å²) in [6.45, 7) is 7.31. The normalized spacial score (nSPS) is 8.20. The maximum Gasteiger partial charge on any atom is 0.155 e. The molecule has 10 heavy (non-hydrogen) atoms. The van der Waals surface area contributed by atoms with Gasteiger partial charge in [0.1, 0.15) is 0 Å². The van der Waals surface area contributed by atoms with Crippen molar-refractivity contribution >= 4 is 5.78 Å². The Bertz CT molecular complexity index is 114. The molecule has 0 aromatic carbocycles. The van der Waals surface area contributed by atoms with E-state index in [1.165, 1.54) is 0 Å². The molecule has 0 rings (SSSR count). The van der Waals surface area contributed by atoms with Gasteiger partial charge in [0.15, 0.2) is 5.78 Å². The largest absolute Gasteiger partial charge is 0.295 e. The van der Waals surface area contributed by atoms with Gasteiger partial charge in [-0.2, -0.15) is 0 Å². The van der Waals surface area contributed by atoms with E-state index >= 15 is 0 Å². The molecule has 1 heteroatoms. The van der Waals surface area contributed by atoms with Crippen LogP contribution in [-0.2, 0) is 4.79 Å². The number of Topliss-reactive ketones (excluding diaryl/α,β-unsaturated/α-hetero) is 1. The van der Waals surface area contributed by atoms with E-state index < -0.39 is 0 Å². The van der Waals surface area contributed by atoms with Gasteiger partial charge in [-0.1, -0.05) is 27.4 Å². The summed E-state index contributed by atoms with van der Waals surface area (Å²) in [5.41, 5.74) is 0.761. The Labute approximate surface area is 64.1 Å². The van der Waals surface area contributed by atoms with Crippen LogP contribution >= 0.6 is 0 Å². The molecule has 60 valence electrons. The summed E-state index contributed by atoms with van der Waals surface area (Å²) in [4.78, 5) is 10.6. The van der Waals surface area contributed by atoms with Crippen LogP contribution in [0, 0.1) is 0 Å². The lowest BCUT2D eigenvalue weighted by Gasteiger charge is -1.96. The topological polar surface area (TPSA) is 17.1 Å². The highest BCUT2D eigenvalue weighted by Gasteiger charge is 1.97. The molecule has 1 nitrogen and oxygen atoms in total. The minimum absolute atomic E-state index is 0. The van der Waals surface area contributed by atoms with Crippen LogP contribution in [0.4, 0.5) is 0 Å². The number of hydrogen-bond acceptors (Lipinski definition) is 1. The number of unbranched alkanes of at least 4 members (excludes halogenated alkanes) is 1. The lowest BCUT2D eigenvalue weighted by Crippen LogP contribution is -1.93. The maximum atomic E-state index is 10.6. The molecule has 0 atom stereocenters. The Balaban J connectivity index is 0. The summed E-state index contributed by atoms with van der Waals surface area (Å²) >= 11 is 0. The molecule has 0 aromatic heterocycles. The fraction of sp³-hybridized carbons (Fsp3) is 0.667. The number of ketones is 1. The molecule has 0 aromatic rings. The van der Waals surface area contributed by atoms with E-state index in [4.69, 9.17) is 0 Å². The van der Waals surface area contributed by atoms with E-state index in [2.05, 4.69) is 13.5 Å². The van der Waals surface area contributed by atoms with Crippen LogP contribution in [0.1, 0.15) is 40.5 Å². The fourth-order valence-electron chi connectivity index (χ4n) is 0.566. The van der Waals surface area contributed by atoms with Gasteiger partial charge in [0.05, 0.1) is 0 Å². The maximum absolute atomic E-state index is 10.6. The van der Waals surface area contributed by atoms with E-state index in [0.717, 1.165) is 24.8 Å². The van der Waals surface area contributed by atoms with E-state index in [9.17, 15) is 4.79 Å². The Morgan fingerprint density at radius 1 is 1.50 bits per heavy atom. The van der Waals surface area contributed by atoms with Gasteiger partial charge in [-0.25, -0.2) is 0 Å². The standard InChI is InChI=1S/C8H14O.CH4/c1-4-5-6-7(2)8(3)9;/h2,4-6H2,1,3H3;1H4. The van der Waals surface area contributed by atoms with Gasteiger partial charge in [0.2, 0.25) is 0 Å². The number of hydrogen-bond donors (Lipinski definition) is 0. The monoisotopic (exact) mass is 142 g/mol. The van der Waals surface area contributed by atoms with E-state index in [-0.39, 0.29) is 13.2 Å². The molecule has 0 aliphatic carbocycles. The van der Waals surface area contributed by atoms with E-state index in [1.54, 1.807) is 6.92 Å². The second-order valence-electron chi connectivity index (χ2n) is 2.26. The summed E-state index contributed by atoms with van der Waals surface area (Å²) in [7, 11) is 0. The summed E-state index contributed by atoms with van der Waals surface area (Å²) in [5, 5.41) is 0. The number of rotatable bonds is 4. The number of carbonyl (C=O) groups is 1. The Morgan fingerprint density at radius 3 is 2.30 bits per heavy atom. The summed E-state index contributed by atoms with van der Waals surface area (Å²) in [6, 6.07) is 0. The van der Waals surface area contributed by atoms with Crippen molar-refractivity contribution in [2.75, 3.05) is 0 Å². The second kappa shape index (κ2) is 6.53. The summed E-state index contributed by atoms with van der Waals surface area (Å²) in [5.74, 6) is 0.128. The van der Waals surface area contributed by atoms with Crippen molar-refractivity contribution in [1.82, 2.24) is 0 Å². The van der Waals surface area contributed by atoms with Crippen molar-refractivity contribution in [2.45, 2.75) is 40.5 Å². The van der Waals surface area contributed by atoms with Crippen LogP contribution in [-0.4, -0.2) is 5.78 Å². The van der Waals surface area contributed by atoms with Crippen molar-refractivity contribution in [3.63, 3.8) is 0 Å². The minimum atomic E-state index is 0. The van der Waals surface area contributed by atoms with Crippen molar-refractivity contribution in [2.24, 2.45) is 0 Å². The van der Waals surface area contributed by atoms with E-state index in [0.29, 0.717) is 0 Å². The summed E-state index contributed by atoms with van der Waals surface area (Å²) in [6.07, 6.45) is 3.08. The van der Waals surface area contributed by atoms with Gasteiger partial charge in [-0.3, -0.25) is 4.79 Å². The molecule has 0 spiro atoms. The van der Waals surface area contributed by atoms with Gasteiger partial charge < -0.3 is 0 Å². The molecule has 0 amide bonds. The van der Waals surface area contributed by atoms with Crippen LogP contribution in [0.25, 0.3) is 0 Å². The zero-order chi connectivity index (χ0) is 7.28. The highest BCUT2D eigenvalue weighted by Crippen LogP contribution is 2.04. The predicted octanol–water partition coefficient (Wildman–Crippen LogP) is 2.96. The average molecular weight is 142 g/mol. The SMILES string of the molecule is C.C=C(CCCC)C(C)=O. The lowest BCUT2D eigenvalue weighted by molar-refractivity contribution is -0.113. The van der Waals surface area contributed by atoms with Crippen LogP contribution in [0.3, 0.4) is 0 Å². The van der Waals surface area contributed by atoms with Crippen molar-refractivity contribution in [1.29, 1.82) is 0 Å². The molecule has 0 bridgehead atoms. The molecule has 0 saturated carbocycles. The Hall–Kier alpha value is -0.590. The molecular weight excluding hydrogens is 124 g/mol. The predicted molar refractivity (Wildman–Crippen MR) is 46.1 cm³/mol. The zero-order valence-electron chi connectivity index (χ0n) is 6.24. The Morgan fingerprint density at radius 2 is 2.00 bits per heavy atom. The number of allylic oxidation sites excluding steroid dienone is 1. The van der Waals surface area contributed by atoms with Crippen LogP contribution in [0.5, 0.6) is 0 Å². The Kier molecular flexibility index (Phi) is 7.91. The third kappa shape index (κ3) is 5.54. The molecule has 0 heterocycles. The van der Waals surface area contributed by atoms with Gasteiger partial charge >= 0.3 is 0 Å². The van der Waals surface area contributed by atoms with Gasteiger partial charge in [-0.05, 0) is 25.3 Å². The van der Waals surface area contributed by atoms with Crippen LogP contribution in [0.15, 0.2) is 12.2 Å². The van der Waals surface area contributed by atoms with Crippen molar-refractivity contribution in [3.05, 3.63) is 12.2 Å². The first-order valence-electron chi connectivity index (χ1n) is 3.37. The third-order valence-corrected chi connectivity index (χ3v) is 1.33. The highest BCUT2D eigenvalue weighted by molar-refractivity contribution is 5.92. The first kappa shape index (κ1) is 12.1. The third-order valence-electron chi connectivity index (χ3n) is 1.33. The molecule has 0 fully saturated rings. The molecule has 0 aliphatic heterocycles. The van der Waals surface area contributed by atoms with Gasteiger partial charge in [-0.15, -0.1) is 0 Å². The fourth-order valence-corrected chi connectivity index (χ4v) is 0.566. The molecule has 0 saturated heterocycles. The first-order chi connectivity index (χ1) is 4.18. The highest BCUT2D eigenvalue weighted by atomic mass is 16.1. The summed E-state index contributed by atoms with van der Waals surface area (Å²) < 4.78 is 0. The molecule has 0 aliphatic rings. The smallest absolute Gasteiger partial charge is 0.155 e. The van der Waals surface area contributed by atoms with Crippen LogP contribution < -0.4 is 0 Å². The number of carbonyl (C=O) groups excluding carboxylic acids is 1.